The fourth-order valence-corrected chi connectivity index (χ4v) is 2.55. The third-order valence-corrected chi connectivity index (χ3v) is 3.58. The largest absolute Gasteiger partial charge is 0.379 e. The Morgan fingerprint density at radius 1 is 1.56 bits per heavy atom. The minimum Gasteiger partial charge on any atom is -0.379 e. The average Bonchev–Trinajstić information content (AvgIpc) is 2.66. The third kappa shape index (κ3) is 3.10. The topological polar surface area (TPSA) is 70.7 Å². The van der Waals surface area contributed by atoms with Crippen LogP contribution < -0.4 is 10.7 Å². The Labute approximate surface area is 98.0 Å². The van der Waals surface area contributed by atoms with E-state index in [1.54, 1.807) is 0 Å². The molecule has 2 amide bonds. The Kier molecular flexibility index (Phi) is 4.03. The van der Waals surface area contributed by atoms with Crippen LogP contribution in [0.15, 0.2) is 0 Å². The van der Waals surface area contributed by atoms with E-state index in [0.717, 1.165) is 0 Å². The minimum atomic E-state index is -0.235. The molecule has 2 saturated heterocycles. The van der Waals surface area contributed by atoms with E-state index in [-0.39, 0.29) is 23.5 Å². The molecule has 2 heterocycles. The van der Waals surface area contributed by atoms with Crippen LogP contribution in [0.3, 0.4) is 0 Å². The summed E-state index contributed by atoms with van der Waals surface area (Å²) >= 11 is 1.48. The molecule has 0 radical (unpaired) electrons. The van der Waals surface area contributed by atoms with E-state index in [2.05, 4.69) is 10.7 Å². The molecule has 16 heavy (non-hydrogen) atoms. The molecule has 1 unspecified atom stereocenters. The molecule has 2 aliphatic rings. The van der Waals surface area contributed by atoms with Crippen LogP contribution >= 0.6 is 11.8 Å². The lowest BCUT2D eigenvalue weighted by atomic mass is 10.3. The second-order valence-corrected chi connectivity index (χ2v) is 4.87. The Balaban J connectivity index is 1.72. The van der Waals surface area contributed by atoms with Crippen LogP contribution in [0, 0.1) is 0 Å². The van der Waals surface area contributed by atoms with E-state index in [1.807, 2.05) is 5.01 Å². The zero-order chi connectivity index (χ0) is 11.4. The van der Waals surface area contributed by atoms with Gasteiger partial charge in [-0.25, -0.2) is 5.01 Å². The average molecular weight is 245 g/mol. The van der Waals surface area contributed by atoms with Crippen molar-refractivity contribution >= 4 is 23.6 Å². The lowest BCUT2D eigenvalue weighted by Crippen LogP contribution is -2.49. The number of morpholine rings is 1. The molecule has 0 aromatic rings. The van der Waals surface area contributed by atoms with Crippen LogP contribution in [0.1, 0.15) is 6.42 Å². The molecule has 2 N–H and O–H groups in total. The van der Waals surface area contributed by atoms with Gasteiger partial charge in [0.25, 0.3) is 0 Å². The normalized spacial score (nSPS) is 26.5. The summed E-state index contributed by atoms with van der Waals surface area (Å²) in [5.41, 5.74) is 2.79. The first kappa shape index (κ1) is 11.7. The Hall–Kier alpha value is -0.790. The molecule has 2 fully saturated rings. The summed E-state index contributed by atoms with van der Waals surface area (Å²) in [6.07, 6.45) is 0.244. The molecule has 7 heteroatoms. The molecule has 0 spiro atoms. The standard InChI is InChI=1S/C9H15N3O3S/c13-8(5-7-9(14)10-6-16-7)11-12-1-3-15-4-2-12/h7H,1-6H2,(H,10,14)(H,11,13). The molecular weight excluding hydrogens is 230 g/mol. The van der Waals surface area contributed by atoms with Gasteiger partial charge in [0.15, 0.2) is 0 Å². The maximum atomic E-state index is 11.6. The van der Waals surface area contributed by atoms with Crippen molar-refractivity contribution < 1.29 is 14.3 Å². The van der Waals surface area contributed by atoms with Crippen molar-refractivity contribution in [2.75, 3.05) is 32.2 Å². The van der Waals surface area contributed by atoms with Gasteiger partial charge in [0.2, 0.25) is 11.8 Å². The predicted molar refractivity (Wildman–Crippen MR) is 59.5 cm³/mol. The highest BCUT2D eigenvalue weighted by Gasteiger charge is 2.27. The summed E-state index contributed by atoms with van der Waals surface area (Å²) in [6.45, 7) is 2.68. The number of thioether (sulfide) groups is 1. The van der Waals surface area contributed by atoms with Crippen molar-refractivity contribution in [3.8, 4) is 0 Å². The summed E-state index contributed by atoms with van der Waals surface area (Å²) in [5, 5.41) is 4.29. The van der Waals surface area contributed by atoms with Crippen molar-refractivity contribution in [1.29, 1.82) is 0 Å². The van der Waals surface area contributed by atoms with Gasteiger partial charge in [0, 0.05) is 19.5 Å². The first-order chi connectivity index (χ1) is 7.75. The lowest BCUT2D eigenvalue weighted by Gasteiger charge is -2.27. The zero-order valence-electron chi connectivity index (χ0n) is 8.90. The molecule has 0 aromatic carbocycles. The monoisotopic (exact) mass is 245 g/mol. The number of amides is 2. The van der Waals surface area contributed by atoms with Gasteiger partial charge >= 0.3 is 0 Å². The predicted octanol–water partition coefficient (Wildman–Crippen LogP) is -1.07. The van der Waals surface area contributed by atoms with Crippen LogP contribution in [0.2, 0.25) is 0 Å². The highest BCUT2D eigenvalue weighted by molar-refractivity contribution is 8.01. The molecular formula is C9H15N3O3S. The number of ether oxygens (including phenoxy) is 1. The Bertz CT molecular complexity index is 281. The van der Waals surface area contributed by atoms with Gasteiger partial charge < -0.3 is 10.1 Å². The number of carbonyl (C=O) groups excluding carboxylic acids is 2. The van der Waals surface area contributed by atoms with Crippen molar-refractivity contribution in [1.82, 2.24) is 15.8 Å². The molecule has 0 aromatic heterocycles. The summed E-state index contributed by atoms with van der Waals surface area (Å²) in [6, 6.07) is 0. The second-order valence-electron chi connectivity index (χ2n) is 3.68. The lowest BCUT2D eigenvalue weighted by molar-refractivity contribution is -0.130. The van der Waals surface area contributed by atoms with Gasteiger partial charge in [-0.1, -0.05) is 0 Å². The van der Waals surface area contributed by atoms with E-state index in [4.69, 9.17) is 4.74 Å². The molecule has 2 aliphatic heterocycles. The van der Waals surface area contributed by atoms with Crippen LogP contribution in [0.4, 0.5) is 0 Å². The van der Waals surface area contributed by atoms with Crippen LogP contribution in [0.5, 0.6) is 0 Å². The minimum absolute atomic E-state index is 0.0397. The van der Waals surface area contributed by atoms with Crippen LogP contribution in [-0.2, 0) is 14.3 Å². The van der Waals surface area contributed by atoms with E-state index < -0.39 is 0 Å². The van der Waals surface area contributed by atoms with Gasteiger partial charge in [-0.15, -0.1) is 11.8 Å². The van der Waals surface area contributed by atoms with Gasteiger partial charge in [-0.3, -0.25) is 15.0 Å². The summed E-state index contributed by atoms with van der Waals surface area (Å²) in [5.74, 6) is 0.465. The van der Waals surface area contributed by atoms with E-state index in [9.17, 15) is 9.59 Å². The SMILES string of the molecule is O=C(CC1SCNC1=O)NN1CCOCC1. The molecule has 0 aliphatic carbocycles. The number of carbonyl (C=O) groups is 2. The van der Waals surface area contributed by atoms with Crippen molar-refractivity contribution in [2.45, 2.75) is 11.7 Å². The number of hydrazine groups is 1. The van der Waals surface area contributed by atoms with E-state index in [0.29, 0.717) is 32.2 Å². The maximum Gasteiger partial charge on any atom is 0.235 e. The fourth-order valence-electron chi connectivity index (χ4n) is 1.62. The Morgan fingerprint density at radius 2 is 2.31 bits per heavy atom. The van der Waals surface area contributed by atoms with Gasteiger partial charge in [-0.2, -0.15) is 0 Å². The third-order valence-electron chi connectivity index (χ3n) is 2.49. The van der Waals surface area contributed by atoms with Crippen molar-refractivity contribution in [3.63, 3.8) is 0 Å². The molecule has 90 valence electrons. The first-order valence-corrected chi connectivity index (χ1v) is 6.32. The smallest absolute Gasteiger partial charge is 0.235 e. The molecule has 1 atom stereocenters. The molecule has 0 bridgehead atoms. The van der Waals surface area contributed by atoms with E-state index in [1.165, 1.54) is 11.8 Å². The zero-order valence-corrected chi connectivity index (χ0v) is 9.72. The highest BCUT2D eigenvalue weighted by Crippen LogP contribution is 2.19. The van der Waals surface area contributed by atoms with Crippen molar-refractivity contribution in [3.05, 3.63) is 0 Å². The number of nitrogens with zero attached hydrogens (tertiary/aromatic N) is 1. The summed E-state index contributed by atoms with van der Waals surface area (Å²) in [7, 11) is 0. The van der Waals surface area contributed by atoms with Crippen LogP contribution in [-0.4, -0.2) is 54.3 Å². The molecule has 2 rings (SSSR count). The first-order valence-electron chi connectivity index (χ1n) is 5.27. The maximum absolute atomic E-state index is 11.6. The van der Waals surface area contributed by atoms with Gasteiger partial charge in [-0.05, 0) is 0 Å². The van der Waals surface area contributed by atoms with Crippen molar-refractivity contribution in [2.24, 2.45) is 0 Å². The molecule has 0 saturated carbocycles. The fraction of sp³-hybridized carbons (Fsp3) is 0.778. The highest BCUT2D eigenvalue weighted by atomic mass is 32.2. The number of rotatable bonds is 3. The number of hydrogen-bond donors (Lipinski definition) is 2. The van der Waals surface area contributed by atoms with Crippen LogP contribution in [0.25, 0.3) is 0 Å². The van der Waals surface area contributed by atoms with Gasteiger partial charge in [0.05, 0.1) is 24.3 Å². The van der Waals surface area contributed by atoms with Gasteiger partial charge in [0.1, 0.15) is 0 Å². The molecule has 6 nitrogen and oxygen atoms in total. The summed E-state index contributed by atoms with van der Waals surface area (Å²) < 4.78 is 5.17. The summed E-state index contributed by atoms with van der Waals surface area (Å²) in [4.78, 5) is 22.9. The van der Waals surface area contributed by atoms with E-state index >= 15 is 0 Å². The quantitative estimate of drug-likeness (QED) is 0.662. The number of hydrogen-bond acceptors (Lipinski definition) is 5. The Morgan fingerprint density at radius 3 is 2.94 bits per heavy atom. The number of nitrogens with one attached hydrogen (secondary N) is 2. The second kappa shape index (κ2) is 5.51.